The first-order valence-corrected chi connectivity index (χ1v) is 13.6. The molecule has 0 atom stereocenters. The zero-order valence-electron chi connectivity index (χ0n) is 23.9. The van der Waals surface area contributed by atoms with E-state index in [1.54, 1.807) is 30.2 Å². The molecule has 0 spiro atoms. The number of aromatic nitrogens is 2. The summed E-state index contributed by atoms with van der Waals surface area (Å²) in [6, 6.07) is 17.6. The van der Waals surface area contributed by atoms with Crippen molar-refractivity contribution in [1.82, 2.24) is 40.1 Å². The Morgan fingerprint density at radius 2 is 1.23 bits per heavy atom. The van der Waals surface area contributed by atoms with Gasteiger partial charge in [0.05, 0.1) is 0 Å². The van der Waals surface area contributed by atoms with Gasteiger partial charge in [-0.2, -0.15) is 26.1 Å². The molecule has 21 heteroatoms. The molecule has 14 nitrogen and oxygen atoms in total. The Bertz CT molecular complexity index is 1350. The SMILES string of the molecule is CN1[CH-]N(c2[c-]c(N3[CH-]N(C)c4cccnc43)ccc2)c2ncccc21.[B]1[N-]B(N2C=CN(B3[N-][B]N[B]N3)[CH-]2)N[B]N1.[Ir]. The smallest absolute Gasteiger partial charge is 0.281 e. The maximum Gasteiger partial charge on any atom is 0.281 e. The Balaban J connectivity index is 0.000000166. The third-order valence-corrected chi connectivity index (χ3v) is 7.06. The third kappa shape index (κ3) is 6.32. The normalized spacial score (nSPS) is 18.4. The van der Waals surface area contributed by atoms with Crippen LogP contribution in [0.4, 0.5) is 34.4 Å². The van der Waals surface area contributed by atoms with E-state index in [1.165, 1.54) is 0 Å². The van der Waals surface area contributed by atoms with Gasteiger partial charge in [-0.3, -0.25) is 0 Å². The van der Waals surface area contributed by atoms with Gasteiger partial charge in [0, 0.05) is 59.0 Å². The van der Waals surface area contributed by atoms with Crippen molar-refractivity contribution in [3.8, 4) is 0 Å². The van der Waals surface area contributed by atoms with Crippen LogP contribution in [0.3, 0.4) is 0 Å². The fourth-order valence-corrected chi connectivity index (χ4v) is 4.99. The van der Waals surface area contributed by atoms with Crippen LogP contribution >= 0.6 is 0 Å². The molecule has 2 aromatic heterocycles. The van der Waals surface area contributed by atoms with E-state index in [0.29, 0.717) is 0 Å². The number of hydrogen-bond donors (Lipinski definition) is 4. The van der Waals surface area contributed by atoms with Gasteiger partial charge >= 0.3 is 0 Å². The maximum absolute atomic E-state index is 4.53. The monoisotopic (exact) mass is 755 g/mol. The second-order valence-corrected chi connectivity index (χ2v) is 9.87. The number of fused-ring (bicyclic) bond motifs is 2. The molecule has 8 rings (SSSR count). The summed E-state index contributed by atoms with van der Waals surface area (Å²) in [6.45, 7) is 5.99. The van der Waals surface area contributed by atoms with Crippen LogP contribution in [0.2, 0.25) is 0 Å². The Morgan fingerprint density at radius 1 is 0.727 bits per heavy atom. The van der Waals surface area contributed by atoms with Crippen molar-refractivity contribution >= 4 is 78.8 Å². The van der Waals surface area contributed by atoms with Crippen LogP contribution in [-0.2, 0) is 20.1 Å². The minimum absolute atomic E-state index is 0. The minimum Gasteiger partial charge on any atom is -0.672 e. The summed E-state index contributed by atoms with van der Waals surface area (Å²) >= 11 is 0. The summed E-state index contributed by atoms with van der Waals surface area (Å²) in [5.74, 6) is 1.81. The number of rotatable bonds is 4. The minimum atomic E-state index is -0.118. The van der Waals surface area contributed by atoms with Gasteiger partial charge in [0.15, 0.2) is 14.2 Å². The Hall–Kier alpha value is -3.14. The molecule has 5 aliphatic rings. The van der Waals surface area contributed by atoms with Gasteiger partial charge in [-0.25, -0.2) is 9.97 Å². The molecule has 5 radical (unpaired) electrons. The van der Waals surface area contributed by atoms with E-state index in [1.807, 2.05) is 98.8 Å². The van der Waals surface area contributed by atoms with E-state index < -0.39 is 0 Å². The second kappa shape index (κ2) is 13.9. The quantitative estimate of drug-likeness (QED) is 0.214. The van der Waals surface area contributed by atoms with Gasteiger partial charge < -0.3 is 60.1 Å². The fourth-order valence-electron chi connectivity index (χ4n) is 4.99. The Labute approximate surface area is 275 Å². The molecule has 3 aromatic rings. The molecule has 4 N–H and O–H groups in total. The average Bonchev–Trinajstić information content (AvgIpc) is 3.79. The van der Waals surface area contributed by atoms with Crippen molar-refractivity contribution in [2.45, 2.75) is 0 Å². The summed E-state index contributed by atoms with van der Waals surface area (Å²) < 4.78 is 0. The van der Waals surface area contributed by atoms with Crippen molar-refractivity contribution in [3.63, 3.8) is 0 Å². The first-order chi connectivity index (χ1) is 21.2. The third-order valence-electron chi connectivity index (χ3n) is 7.06. The van der Waals surface area contributed by atoms with Crippen molar-refractivity contribution in [3.05, 3.63) is 104 Å². The molecule has 2 fully saturated rings. The molecule has 44 heavy (non-hydrogen) atoms. The van der Waals surface area contributed by atoms with Gasteiger partial charge in [-0.15, -0.1) is 29.6 Å². The number of benzene rings is 1. The van der Waals surface area contributed by atoms with Gasteiger partial charge in [-0.1, -0.05) is 0 Å². The van der Waals surface area contributed by atoms with Crippen molar-refractivity contribution in [1.29, 1.82) is 0 Å². The number of nitrogens with one attached hydrogen (secondary N) is 4. The van der Waals surface area contributed by atoms with Crippen LogP contribution in [0.15, 0.2) is 67.3 Å². The number of hydrogen-bond acceptors (Lipinski definition) is 12. The Kier molecular flexibility index (Phi) is 9.73. The maximum atomic E-state index is 4.53. The largest absolute Gasteiger partial charge is 0.672 e. The van der Waals surface area contributed by atoms with E-state index in [9.17, 15) is 0 Å². The predicted octanol–water partition coefficient (Wildman–Crippen LogP) is 0.123. The molecule has 1 aromatic carbocycles. The molecule has 0 amide bonds. The van der Waals surface area contributed by atoms with E-state index in [-0.39, 0.29) is 34.3 Å². The van der Waals surface area contributed by atoms with Crippen LogP contribution in [0.25, 0.3) is 10.3 Å². The van der Waals surface area contributed by atoms with Crippen molar-refractivity contribution in [2.75, 3.05) is 33.7 Å². The molecule has 219 valence electrons. The zero-order valence-corrected chi connectivity index (χ0v) is 26.2. The van der Waals surface area contributed by atoms with Gasteiger partial charge in [0.25, 0.3) is 15.1 Å². The van der Waals surface area contributed by atoms with E-state index in [2.05, 4.69) is 78.6 Å². The molecule has 0 bridgehead atoms. The second-order valence-electron chi connectivity index (χ2n) is 9.87. The fraction of sp³-hybridized carbons (Fsp3) is 0.0870. The molecule has 0 saturated carbocycles. The topological polar surface area (TPSA) is 122 Å². The summed E-state index contributed by atoms with van der Waals surface area (Å²) in [6.07, 6.45) is 7.50. The van der Waals surface area contributed by atoms with Crippen LogP contribution in [0, 0.1) is 26.1 Å². The van der Waals surface area contributed by atoms with Crippen LogP contribution in [0.5, 0.6) is 0 Å². The predicted molar refractivity (Wildman–Crippen MR) is 174 cm³/mol. The zero-order chi connectivity index (χ0) is 29.2. The number of pyridine rings is 2. The van der Waals surface area contributed by atoms with Gasteiger partial charge in [-0.05, 0) is 50.8 Å². The van der Waals surface area contributed by atoms with E-state index in [4.69, 9.17) is 0 Å². The molecular weight excluding hydrogens is 729 g/mol. The van der Waals surface area contributed by atoms with Crippen LogP contribution < -0.4 is 40.2 Å². The van der Waals surface area contributed by atoms with Crippen molar-refractivity contribution < 1.29 is 20.1 Å². The first-order valence-electron chi connectivity index (χ1n) is 13.6. The summed E-state index contributed by atoms with van der Waals surface area (Å²) in [5, 5.41) is 20.4. The standard InChI is InChI=1S/C20H17N6.C3H7B6N8.Ir/c1-23-13-25(19-17(23)8-4-10-21-19)15-6-3-7-16(12-15)26-14-24(2)18-9-5-11-22-20(18)26;1-2-17(9-14-6-11-7-15-9)3-16(1)8-12-4-10-5-13-8;/h3-11,13-14H,1-2H3;1-3,10-12,14H;/q2*-3;. The van der Waals surface area contributed by atoms with Crippen LogP contribution in [-0.4, -0.2) is 78.1 Å². The van der Waals surface area contributed by atoms with E-state index >= 15 is 0 Å². The van der Waals surface area contributed by atoms with Gasteiger partial charge in [0.2, 0.25) is 0 Å². The Morgan fingerprint density at radius 3 is 1.68 bits per heavy atom. The molecule has 0 unspecified atom stereocenters. The van der Waals surface area contributed by atoms with Crippen molar-refractivity contribution in [2.24, 2.45) is 0 Å². The molecular formula is C23H24B6IrN14-6. The summed E-state index contributed by atoms with van der Waals surface area (Å²) in [5.41, 5.74) is 4.02. The average molecular weight is 754 g/mol. The molecule has 5 aliphatic heterocycles. The number of nitrogens with zero attached hydrogens (tertiary/aromatic N) is 10. The first kappa shape index (κ1) is 30.9. The van der Waals surface area contributed by atoms with Crippen LogP contribution in [0.1, 0.15) is 0 Å². The summed E-state index contributed by atoms with van der Waals surface area (Å²) in [7, 11) is 10.6. The summed E-state index contributed by atoms with van der Waals surface area (Å²) in [4.78, 5) is 21.2. The van der Waals surface area contributed by atoms with E-state index in [0.717, 1.165) is 34.4 Å². The number of anilines is 6. The molecule has 7 heterocycles. The molecule has 2 saturated heterocycles. The van der Waals surface area contributed by atoms with Gasteiger partial charge in [0.1, 0.15) is 11.6 Å². The molecule has 0 aliphatic carbocycles.